The minimum absolute atomic E-state index is 0.177. The number of hydrogen-bond donors (Lipinski definition) is 2. The normalized spacial score (nSPS) is 10.8. The maximum Gasteiger partial charge on any atom is 0.272 e. The zero-order chi connectivity index (χ0) is 17.9. The number of carbonyl (C=O) groups excluding carboxylic acids is 2. The van der Waals surface area contributed by atoms with Crippen molar-refractivity contribution in [3.63, 3.8) is 0 Å². The highest BCUT2D eigenvalue weighted by Gasteiger charge is 2.13. The van der Waals surface area contributed by atoms with Crippen molar-refractivity contribution in [3.8, 4) is 0 Å². The first-order valence-corrected chi connectivity index (χ1v) is 7.92. The largest absolute Gasteiger partial charge is 0.342 e. The minimum Gasteiger partial charge on any atom is -0.342 e. The second kappa shape index (κ2) is 6.60. The van der Waals surface area contributed by atoms with E-state index in [2.05, 4.69) is 25.6 Å². The maximum absolute atomic E-state index is 12.2. The molecule has 0 saturated heterocycles. The lowest BCUT2D eigenvalue weighted by Crippen LogP contribution is -2.33. The van der Waals surface area contributed by atoms with E-state index in [1.165, 1.54) is 0 Å². The standard InChI is InChI=1S/C18H14N6O2/c25-15(22-13-6-1-4-12-5-2-7-19-16(12)13)10-21-17(26)14-11-24-9-3-8-20-18(24)23-14/h1-9,11H,10H2,(H,21,26)(H,22,25). The fourth-order valence-corrected chi connectivity index (χ4v) is 2.59. The summed E-state index contributed by atoms with van der Waals surface area (Å²) in [5, 5.41) is 6.24. The topological polar surface area (TPSA) is 101 Å². The number of pyridine rings is 1. The van der Waals surface area contributed by atoms with E-state index >= 15 is 0 Å². The van der Waals surface area contributed by atoms with Gasteiger partial charge in [-0.25, -0.2) is 9.97 Å². The fourth-order valence-electron chi connectivity index (χ4n) is 2.59. The summed E-state index contributed by atoms with van der Waals surface area (Å²) in [5.74, 6) is -0.371. The predicted molar refractivity (Wildman–Crippen MR) is 95.7 cm³/mol. The van der Waals surface area contributed by atoms with E-state index in [9.17, 15) is 9.59 Å². The summed E-state index contributed by atoms with van der Waals surface area (Å²) in [4.78, 5) is 36.8. The summed E-state index contributed by atoms with van der Waals surface area (Å²) in [6.45, 7) is -0.177. The molecule has 26 heavy (non-hydrogen) atoms. The number of nitrogens with one attached hydrogen (secondary N) is 2. The van der Waals surface area contributed by atoms with Gasteiger partial charge in [0.15, 0.2) is 0 Å². The lowest BCUT2D eigenvalue weighted by molar-refractivity contribution is -0.115. The highest BCUT2D eigenvalue weighted by Crippen LogP contribution is 2.20. The first-order chi connectivity index (χ1) is 12.7. The second-order valence-electron chi connectivity index (χ2n) is 5.56. The maximum atomic E-state index is 12.2. The van der Waals surface area contributed by atoms with Crippen molar-refractivity contribution in [3.05, 3.63) is 66.9 Å². The number of nitrogens with zero attached hydrogens (tertiary/aromatic N) is 4. The number of amides is 2. The van der Waals surface area contributed by atoms with E-state index in [0.717, 1.165) is 5.39 Å². The molecule has 0 aliphatic carbocycles. The molecule has 0 fully saturated rings. The van der Waals surface area contributed by atoms with Crippen LogP contribution in [0, 0.1) is 0 Å². The molecule has 0 atom stereocenters. The Morgan fingerprint density at radius 3 is 2.77 bits per heavy atom. The number of aromatic nitrogens is 4. The van der Waals surface area contributed by atoms with Crippen molar-refractivity contribution in [2.75, 3.05) is 11.9 Å². The van der Waals surface area contributed by atoms with E-state index < -0.39 is 5.91 Å². The second-order valence-corrected chi connectivity index (χ2v) is 5.56. The Balaban J connectivity index is 1.42. The van der Waals surface area contributed by atoms with Crippen molar-refractivity contribution in [2.45, 2.75) is 0 Å². The van der Waals surface area contributed by atoms with Gasteiger partial charge >= 0.3 is 0 Å². The molecule has 0 radical (unpaired) electrons. The average Bonchev–Trinajstić information content (AvgIpc) is 3.11. The molecule has 0 aliphatic heterocycles. The van der Waals surface area contributed by atoms with Crippen LogP contribution in [-0.2, 0) is 4.79 Å². The molecule has 2 amide bonds. The lowest BCUT2D eigenvalue weighted by Gasteiger charge is -2.08. The number of imidazole rings is 1. The molecule has 8 heteroatoms. The van der Waals surface area contributed by atoms with Gasteiger partial charge < -0.3 is 10.6 Å². The van der Waals surface area contributed by atoms with Gasteiger partial charge in [0, 0.05) is 30.2 Å². The Morgan fingerprint density at radius 1 is 1.04 bits per heavy atom. The third kappa shape index (κ3) is 3.07. The van der Waals surface area contributed by atoms with Crippen molar-refractivity contribution in [2.24, 2.45) is 0 Å². The molecule has 2 N–H and O–H groups in total. The molecule has 0 spiro atoms. The van der Waals surface area contributed by atoms with Crippen LogP contribution in [0.5, 0.6) is 0 Å². The summed E-state index contributed by atoms with van der Waals surface area (Å²) in [6.07, 6.45) is 6.56. The van der Waals surface area contributed by atoms with Gasteiger partial charge in [-0.2, -0.15) is 0 Å². The van der Waals surface area contributed by atoms with Crippen LogP contribution >= 0.6 is 0 Å². The van der Waals surface area contributed by atoms with Gasteiger partial charge in [-0.1, -0.05) is 18.2 Å². The van der Waals surface area contributed by atoms with E-state index in [-0.39, 0.29) is 18.1 Å². The van der Waals surface area contributed by atoms with Crippen molar-refractivity contribution < 1.29 is 9.59 Å². The van der Waals surface area contributed by atoms with Gasteiger partial charge in [0.2, 0.25) is 11.7 Å². The molecule has 0 unspecified atom stereocenters. The molecule has 0 bridgehead atoms. The zero-order valence-corrected chi connectivity index (χ0v) is 13.6. The molecular formula is C18H14N6O2. The molecule has 3 aromatic heterocycles. The predicted octanol–water partition coefficient (Wildman–Crippen LogP) is 1.65. The van der Waals surface area contributed by atoms with Crippen molar-refractivity contribution in [1.29, 1.82) is 0 Å². The number of anilines is 1. The van der Waals surface area contributed by atoms with Gasteiger partial charge in [0.25, 0.3) is 5.91 Å². The van der Waals surface area contributed by atoms with Crippen molar-refractivity contribution in [1.82, 2.24) is 24.7 Å². The Morgan fingerprint density at radius 2 is 1.88 bits per heavy atom. The van der Waals surface area contributed by atoms with Crippen LogP contribution in [0.2, 0.25) is 0 Å². The van der Waals surface area contributed by atoms with E-state index in [0.29, 0.717) is 17.0 Å². The summed E-state index contributed by atoms with van der Waals surface area (Å²) < 4.78 is 1.64. The minimum atomic E-state index is -0.443. The number of rotatable bonds is 4. The first-order valence-electron chi connectivity index (χ1n) is 7.92. The van der Waals surface area contributed by atoms with Gasteiger partial charge in [0.1, 0.15) is 5.69 Å². The van der Waals surface area contributed by atoms with E-state index in [1.807, 2.05) is 24.3 Å². The number of fused-ring (bicyclic) bond motifs is 2. The monoisotopic (exact) mass is 346 g/mol. The van der Waals surface area contributed by atoms with Gasteiger partial charge in [-0.05, 0) is 18.2 Å². The van der Waals surface area contributed by atoms with Crippen LogP contribution in [0.3, 0.4) is 0 Å². The molecule has 0 saturated carbocycles. The smallest absolute Gasteiger partial charge is 0.272 e. The number of hydrogen-bond acceptors (Lipinski definition) is 5. The van der Waals surface area contributed by atoms with Gasteiger partial charge in [0.05, 0.1) is 17.7 Å². The molecule has 4 rings (SSSR count). The Kier molecular flexibility index (Phi) is 3.98. The van der Waals surface area contributed by atoms with Crippen LogP contribution in [0.1, 0.15) is 10.5 Å². The first kappa shape index (κ1) is 15.7. The average molecular weight is 346 g/mol. The highest BCUT2D eigenvalue weighted by atomic mass is 16.2. The Bertz CT molecular complexity index is 1080. The third-order valence-electron chi connectivity index (χ3n) is 3.78. The van der Waals surface area contributed by atoms with Crippen LogP contribution in [0.25, 0.3) is 16.7 Å². The summed E-state index contributed by atoms with van der Waals surface area (Å²) >= 11 is 0. The third-order valence-corrected chi connectivity index (χ3v) is 3.78. The summed E-state index contributed by atoms with van der Waals surface area (Å²) in [7, 11) is 0. The van der Waals surface area contributed by atoms with Crippen LogP contribution in [0.4, 0.5) is 5.69 Å². The Labute approximate surface area is 147 Å². The Hall–Kier alpha value is -3.81. The van der Waals surface area contributed by atoms with Crippen LogP contribution in [0.15, 0.2) is 61.2 Å². The van der Waals surface area contributed by atoms with E-state index in [1.54, 1.807) is 41.3 Å². The molecule has 1 aromatic carbocycles. The molecule has 128 valence electrons. The summed E-state index contributed by atoms with van der Waals surface area (Å²) in [6, 6.07) is 11.0. The number of para-hydroxylation sites is 1. The lowest BCUT2D eigenvalue weighted by atomic mass is 10.2. The number of benzene rings is 1. The molecule has 3 heterocycles. The van der Waals surface area contributed by atoms with Crippen molar-refractivity contribution >= 4 is 34.2 Å². The SMILES string of the molecule is O=C(CNC(=O)c1cn2cccnc2n1)Nc1cccc2cccnc12. The fraction of sp³-hybridized carbons (Fsp3) is 0.0556. The molecule has 4 aromatic rings. The summed E-state index contributed by atoms with van der Waals surface area (Å²) in [5.41, 5.74) is 1.49. The van der Waals surface area contributed by atoms with Crippen LogP contribution in [-0.4, -0.2) is 37.7 Å². The zero-order valence-electron chi connectivity index (χ0n) is 13.6. The van der Waals surface area contributed by atoms with E-state index in [4.69, 9.17) is 0 Å². The van der Waals surface area contributed by atoms with Crippen LogP contribution < -0.4 is 10.6 Å². The molecular weight excluding hydrogens is 332 g/mol. The van der Waals surface area contributed by atoms with Gasteiger partial charge in [-0.15, -0.1) is 0 Å². The number of carbonyl (C=O) groups is 2. The molecule has 8 nitrogen and oxygen atoms in total. The highest BCUT2D eigenvalue weighted by molar-refractivity contribution is 6.03. The quantitative estimate of drug-likeness (QED) is 0.585. The van der Waals surface area contributed by atoms with Gasteiger partial charge in [-0.3, -0.25) is 19.0 Å². The molecule has 0 aliphatic rings.